The van der Waals surface area contributed by atoms with E-state index in [-0.39, 0.29) is 36.3 Å². The second-order valence-corrected chi connectivity index (χ2v) is 7.12. The molecule has 3 rings (SSSR count). The van der Waals surface area contributed by atoms with Crippen LogP contribution in [0.4, 0.5) is 0 Å². The number of hydrogen-bond donors (Lipinski definition) is 1. The quantitative estimate of drug-likeness (QED) is 0.810. The lowest BCUT2D eigenvalue weighted by molar-refractivity contribution is -0.134. The van der Waals surface area contributed by atoms with Gasteiger partial charge in [0.25, 0.3) is 5.91 Å². The number of amides is 2. The van der Waals surface area contributed by atoms with E-state index >= 15 is 0 Å². The van der Waals surface area contributed by atoms with E-state index in [0.717, 1.165) is 44.5 Å². The van der Waals surface area contributed by atoms with Crippen molar-refractivity contribution in [3.8, 4) is 0 Å². The van der Waals surface area contributed by atoms with Crippen LogP contribution in [0.1, 0.15) is 61.8 Å². The summed E-state index contributed by atoms with van der Waals surface area (Å²) in [4.78, 5) is 29.4. The van der Waals surface area contributed by atoms with E-state index in [0.29, 0.717) is 25.3 Å². The molecule has 2 aliphatic rings. The van der Waals surface area contributed by atoms with Gasteiger partial charge < -0.3 is 15.1 Å². The highest BCUT2D eigenvalue weighted by Crippen LogP contribution is 2.25. The Labute approximate surface area is 167 Å². The number of rotatable bonds is 5. The number of nitrogens with zero attached hydrogens (tertiary/aromatic N) is 5. The van der Waals surface area contributed by atoms with E-state index < -0.39 is 0 Å². The molecule has 1 aromatic rings. The Bertz CT molecular complexity index is 654. The zero-order chi connectivity index (χ0) is 18.7. The monoisotopic (exact) mass is 398 g/mol. The summed E-state index contributed by atoms with van der Waals surface area (Å²) in [6.45, 7) is 9.70. The van der Waals surface area contributed by atoms with Crippen LogP contribution in [0.25, 0.3) is 0 Å². The molecule has 27 heavy (non-hydrogen) atoms. The van der Waals surface area contributed by atoms with E-state index in [4.69, 9.17) is 0 Å². The minimum Gasteiger partial charge on any atom is -0.341 e. The summed E-state index contributed by atoms with van der Waals surface area (Å²) in [6, 6.07) is -0.0807. The van der Waals surface area contributed by atoms with Crippen molar-refractivity contribution in [3.05, 3.63) is 11.4 Å². The zero-order valence-corrected chi connectivity index (χ0v) is 17.3. The van der Waals surface area contributed by atoms with Crippen molar-refractivity contribution in [2.75, 3.05) is 32.7 Å². The standard InChI is InChI=1S/C18H30N6O2.ClH/c1-4-22(5-2)17(25)15-7-6-12-23(15)18(26)16-13(3)24(21-20-16)14-8-10-19-11-9-14;/h14-15,19H,4-12H2,1-3H3;1H. The van der Waals surface area contributed by atoms with Crippen molar-refractivity contribution in [2.45, 2.75) is 58.5 Å². The molecule has 0 bridgehead atoms. The van der Waals surface area contributed by atoms with Crippen LogP contribution in [0, 0.1) is 6.92 Å². The van der Waals surface area contributed by atoms with Gasteiger partial charge in [-0.15, -0.1) is 17.5 Å². The van der Waals surface area contributed by atoms with Gasteiger partial charge in [0, 0.05) is 19.6 Å². The number of likely N-dealkylation sites (tertiary alicyclic amines) is 1. The van der Waals surface area contributed by atoms with Crippen molar-refractivity contribution in [1.82, 2.24) is 30.1 Å². The highest BCUT2D eigenvalue weighted by Gasteiger charge is 2.38. The summed E-state index contributed by atoms with van der Waals surface area (Å²) in [5, 5.41) is 11.8. The Balaban J connectivity index is 0.00000261. The normalized spacial score (nSPS) is 20.4. The number of likely N-dealkylation sites (N-methyl/N-ethyl adjacent to an activating group) is 1. The lowest BCUT2D eigenvalue weighted by Crippen LogP contribution is -2.48. The predicted molar refractivity (Wildman–Crippen MR) is 105 cm³/mol. The van der Waals surface area contributed by atoms with E-state index in [9.17, 15) is 9.59 Å². The van der Waals surface area contributed by atoms with Gasteiger partial charge in [0.15, 0.2) is 5.69 Å². The van der Waals surface area contributed by atoms with Crippen LogP contribution < -0.4 is 5.32 Å². The maximum Gasteiger partial charge on any atom is 0.277 e. The van der Waals surface area contributed by atoms with Gasteiger partial charge in [-0.3, -0.25) is 9.59 Å². The zero-order valence-electron chi connectivity index (χ0n) is 16.5. The van der Waals surface area contributed by atoms with Crippen LogP contribution in [0.15, 0.2) is 0 Å². The molecule has 0 spiro atoms. The largest absolute Gasteiger partial charge is 0.341 e. The summed E-state index contributed by atoms with van der Waals surface area (Å²) in [5.41, 5.74) is 1.20. The van der Waals surface area contributed by atoms with Crippen LogP contribution in [0.2, 0.25) is 0 Å². The van der Waals surface area contributed by atoms with E-state index in [2.05, 4.69) is 15.6 Å². The van der Waals surface area contributed by atoms with Crippen molar-refractivity contribution in [3.63, 3.8) is 0 Å². The van der Waals surface area contributed by atoms with Crippen LogP contribution in [0.5, 0.6) is 0 Å². The minimum absolute atomic E-state index is 0. The smallest absolute Gasteiger partial charge is 0.277 e. The molecule has 2 amide bonds. The second-order valence-electron chi connectivity index (χ2n) is 7.12. The fourth-order valence-corrected chi connectivity index (χ4v) is 4.09. The highest BCUT2D eigenvalue weighted by molar-refractivity contribution is 5.97. The van der Waals surface area contributed by atoms with Gasteiger partial charge in [-0.05, 0) is 59.5 Å². The van der Waals surface area contributed by atoms with E-state index in [1.165, 1.54) is 0 Å². The highest BCUT2D eigenvalue weighted by atomic mass is 35.5. The van der Waals surface area contributed by atoms with Gasteiger partial charge in [-0.25, -0.2) is 4.68 Å². The summed E-state index contributed by atoms with van der Waals surface area (Å²) in [6.07, 6.45) is 3.56. The molecule has 1 N–H and O–H groups in total. The summed E-state index contributed by atoms with van der Waals surface area (Å²) >= 11 is 0. The molecule has 152 valence electrons. The average Bonchev–Trinajstić information content (AvgIpc) is 3.29. The molecule has 0 radical (unpaired) electrons. The SMILES string of the molecule is CCN(CC)C(=O)C1CCCN1C(=O)c1nnn(C2CCNCC2)c1C.Cl. The Morgan fingerprint density at radius 2 is 1.85 bits per heavy atom. The van der Waals surface area contributed by atoms with Crippen LogP contribution in [-0.2, 0) is 4.79 Å². The van der Waals surface area contributed by atoms with Gasteiger partial charge in [-0.2, -0.15) is 0 Å². The molecule has 0 aromatic carbocycles. The molecule has 9 heteroatoms. The van der Waals surface area contributed by atoms with Crippen molar-refractivity contribution in [2.24, 2.45) is 0 Å². The van der Waals surface area contributed by atoms with Crippen molar-refractivity contribution >= 4 is 24.2 Å². The van der Waals surface area contributed by atoms with E-state index in [1.54, 1.807) is 9.80 Å². The lowest BCUT2D eigenvalue weighted by atomic mass is 10.1. The minimum atomic E-state index is -0.370. The number of halogens is 1. The predicted octanol–water partition coefficient (Wildman–Crippen LogP) is 1.41. The van der Waals surface area contributed by atoms with E-state index in [1.807, 2.05) is 25.5 Å². The number of nitrogens with one attached hydrogen (secondary N) is 1. The number of aromatic nitrogens is 3. The maximum atomic E-state index is 13.1. The molecule has 1 aromatic heterocycles. The Morgan fingerprint density at radius 3 is 2.48 bits per heavy atom. The van der Waals surface area contributed by atoms with Crippen molar-refractivity contribution in [1.29, 1.82) is 0 Å². The molecule has 3 heterocycles. The maximum absolute atomic E-state index is 13.1. The van der Waals surface area contributed by atoms with Gasteiger partial charge in [-0.1, -0.05) is 5.21 Å². The first kappa shape index (κ1) is 21.6. The van der Waals surface area contributed by atoms with Gasteiger partial charge in [0.05, 0.1) is 11.7 Å². The molecule has 0 saturated carbocycles. The van der Waals surface area contributed by atoms with Crippen LogP contribution >= 0.6 is 12.4 Å². The molecule has 1 atom stereocenters. The molecule has 2 aliphatic heterocycles. The lowest BCUT2D eigenvalue weighted by Gasteiger charge is -2.28. The van der Waals surface area contributed by atoms with Crippen molar-refractivity contribution < 1.29 is 9.59 Å². The Morgan fingerprint density at radius 1 is 1.19 bits per heavy atom. The Hall–Kier alpha value is -1.67. The fourth-order valence-electron chi connectivity index (χ4n) is 4.09. The number of piperidine rings is 1. The number of carbonyl (C=O) groups excluding carboxylic acids is 2. The first-order valence-electron chi connectivity index (χ1n) is 9.80. The third-order valence-electron chi connectivity index (χ3n) is 5.66. The molecular weight excluding hydrogens is 368 g/mol. The molecular formula is C18H31ClN6O2. The first-order chi connectivity index (χ1) is 12.6. The topological polar surface area (TPSA) is 83.4 Å². The number of carbonyl (C=O) groups is 2. The van der Waals surface area contributed by atoms with Gasteiger partial charge in [0.2, 0.25) is 5.91 Å². The van der Waals surface area contributed by atoms with Gasteiger partial charge >= 0.3 is 0 Å². The summed E-state index contributed by atoms with van der Waals surface area (Å²) < 4.78 is 1.89. The molecule has 1 unspecified atom stereocenters. The molecule has 2 fully saturated rings. The van der Waals surface area contributed by atoms with Crippen LogP contribution in [0.3, 0.4) is 0 Å². The third kappa shape index (κ3) is 4.27. The Kier molecular flexibility index (Phi) is 7.61. The fraction of sp³-hybridized carbons (Fsp3) is 0.778. The number of hydrogen-bond acceptors (Lipinski definition) is 5. The average molecular weight is 399 g/mol. The second kappa shape index (κ2) is 9.50. The molecule has 2 saturated heterocycles. The van der Waals surface area contributed by atoms with Crippen LogP contribution in [-0.4, -0.2) is 75.4 Å². The molecule has 0 aliphatic carbocycles. The van der Waals surface area contributed by atoms with Gasteiger partial charge in [0.1, 0.15) is 6.04 Å². The summed E-state index contributed by atoms with van der Waals surface area (Å²) in [5.74, 6) is -0.116. The third-order valence-corrected chi connectivity index (χ3v) is 5.66. The first-order valence-corrected chi connectivity index (χ1v) is 9.80. The summed E-state index contributed by atoms with van der Waals surface area (Å²) in [7, 11) is 0. The molecule has 8 nitrogen and oxygen atoms in total.